The molecule has 6 heteroatoms. The smallest absolute Gasteiger partial charge is 0.254 e. The minimum absolute atomic E-state index is 0.0926. The number of hydrogen-bond acceptors (Lipinski definition) is 3. The van der Waals surface area contributed by atoms with Gasteiger partial charge in [0.2, 0.25) is 0 Å². The normalized spacial score (nSPS) is 16.8. The zero-order valence-corrected chi connectivity index (χ0v) is 14.0. The van der Waals surface area contributed by atoms with Gasteiger partial charge in [0, 0.05) is 19.3 Å². The molecule has 0 radical (unpaired) electrons. The molecule has 1 aromatic heterocycles. The van der Waals surface area contributed by atoms with Crippen molar-refractivity contribution in [3.63, 3.8) is 0 Å². The fourth-order valence-electron chi connectivity index (χ4n) is 3.09. The van der Waals surface area contributed by atoms with Crippen molar-refractivity contribution >= 4 is 5.91 Å². The molecule has 1 saturated heterocycles. The number of rotatable bonds is 4. The molecule has 1 amide bonds. The number of aromatic nitrogens is 2. The Kier molecular flexibility index (Phi) is 4.94. The van der Waals surface area contributed by atoms with Crippen LogP contribution >= 0.6 is 0 Å². The summed E-state index contributed by atoms with van der Waals surface area (Å²) in [6, 6.07) is 6.13. The zero-order chi connectivity index (χ0) is 17.1. The van der Waals surface area contributed by atoms with Gasteiger partial charge < -0.3 is 10.1 Å². The van der Waals surface area contributed by atoms with Crippen molar-refractivity contribution in [2.75, 3.05) is 13.2 Å². The Bertz CT molecular complexity index is 706. The summed E-state index contributed by atoms with van der Waals surface area (Å²) in [6.45, 7) is 5.39. The fourth-order valence-corrected chi connectivity index (χ4v) is 3.09. The van der Waals surface area contributed by atoms with Gasteiger partial charge >= 0.3 is 0 Å². The number of nitrogens with zero attached hydrogens (tertiary/aromatic N) is 2. The van der Waals surface area contributed by atoms with E-state index in [0.29, 0.717) is 11.5 Å². The number of ether oxygens (including phenoxy) is 1. The van der Waals surface area contributed by atoms with Crippen molar-refractivity contribution in [3.05, 3.63) is 47.5 Å². The van der Waals surface area contributed by atoms with Crippen molar-refractivity contribution < 1.29 is 13.9 Å². The zero-order valence-electron chi connectivity index (χ0n) is 14.0. The topological polar surface area (TPSA) is 56.1 Å². The first kappa shape index (κ1) is 16.6. The van der Waals surface area contributed by atoms with E-state index >= 15 is 0 Å². The second-order valence-electron chi connectivity index (χ2n) is 6.24. The Balaban J connectivity index is 1.72. The van der Waals surface area contributed by atoms with Crippen molar-refractivity contribution in [1.82, 2.24) is 15.1 Å². The maximum atomic E-state index is 13.1. The molecule has 3 rings (SSSR count). The second-order valence-corrected chi connectivity index (χ2v) is 6.24. The van der Waals surface area contributed by atoms with Gasteiger partial charge in [-0.25, -0.2) is 9.07 Å². The predicted octanol–water partition coefficient (Wildman–Crippen LogP) is 2.86. The molecule has 1 aromatic carbocycles. The molecule has 128 valence electrons. The van der Waals surface area contributed by atoms with Crippen molar-refractivity contribution in [1.29, 1.82) is 0 Å². The minimum Gasteiger partial charge on any atom is -0.381 e. The van der Waals surface area contributed by atoms with E-state index in [1.807, 2.05) is 13.8 Å². The largest absolute Gasteiger partial charge is 0.381 e. The molecule has 24 heavy (non-hydrogen) atoms. The third-order valence-electron chi connectivity index (χ3n) is 4.66. The van der Waals surface area contributed by atoms with E-state index in [1.54, 1.807) is 23.0 Å². The average Bonchev–Trinajstić information content (AvgIpc) is 2.98. The Labute approximate surface area is 140 Å². The number of benzene rings is 1. The molecular weight excluding hydrogens is 309 g/mol. The highest BCUT2D eigenvalue weighted by Crippen LogP contribution is 2.20. The lowest BCUT2D eigenvalue weighted by atomic mass is 9.93. The van der Waals surface area contributed by atoms with Gasteiger partial charge in [0.05, 0.1) is 23.1 Å². The maximum absolute atomic E-state index is 13.1. The van der Waals surface area contributed by atoms with Crippen LogP contribution in [0, 0.1) is 18.7 Å². The molecule has 0 bridgehead atoms. The van der Waals surface area contributed by atoms with Gasteiger partial charge in [0.15, 0.2) is 0 Å². The molecule has 0 aliphatic carbocycles. The molecule has 1 fully saturated rings. The molecule has 1 aliphatic heterocycles. The van der Waals surface area contributed by atoms with Crippen molar-refractivity contribution in [2.24, 2.45) is 5.92 Å². The molecule has 5 nitrogen and oxygen atoms in total. The van der Waals surface area contributed by atoms with Crippen LogP contribution in [-0.4, -0.2) is 34.9 Å². The summed E-state index contributed by atoms with van der Waals surface area (Å²) in [5, 5.41) is 7.34. The molecule has 1 unspecified atom stereocenters. The summed E-state index contributed by atoms with van der Waals surface area (Å²) < 4.78 is 20.1. The third-order valence-corrected chi connectivity index (χ3v) is 4.66. The molecule has 1 aliphatic rings. The van der Waals surface area contributed by atoms with Crippen LogP contribution in [-0.2, 0) is 4.74 Å². The highest BCUT2D eigenvalue weighted by Gasteiger charge is 2.23. The predicted molar refractivity (Wildman–Crippen MR) is 88.7 cm³/mol. The first-order chi connectivity index (χ1) is 11.6. The van der Waals surface area contributed by atoms with E-state index in [4.69, 9.17) is 4.74 Å². The Morgan fingerprint density at radius 2 is 2.00 bits per heavy atom. The van der Waals surface area contributed by atoms with E-state index in [-0.39, 0.29) is 17.8 Å². The first-order valence-corrected chi connectivity index (χ1v) is 8.25. The summed E-state index contributed by atoms with van der Waals surface area (Å²) >= 11 is 0. The molecule has 1 atom stereocenters. The summed E-state index contributed by atoms with van der Waals surface area (Å²) in [4.78, 5) is 12.6. The number of nitrogens with one attached hydrogen (secondary N) is 1. The molecule has 1 N–H and O–H groups in total. The first-order valence-electron chi connectivity index (χ1n) is 8.25. The number of carbonyl (C=O) groups is 1. The van der Waals surface area contributed by atoms with Crippen LogP contribution in [0.5, 0.6) is 0 Å². The van der Waals surface area contributed by atoms with Gasteiger partial charge in [-0.3, -0.25) is 4.79 Å². The summed E-state index contributed by atoms with van der Waals surface area (Å²) in [6.07, 6.45) is 3.50. The summed E-state index contributed by atoms with van der Waals surface area (Å²) in [7, 11) is 0. The van der Waals surface area contributed by atoms with Crippen LogP contribution in [0.15, 0.2) is 30.5 Å². The number of hydrogen-bond donors (Lipinski definition) is 1. The number of carbonyl (C=O) groups excluding carboxylic acids is 1. The van der Waals surface area contributed by atoms with Crippen LogP contribution in [0.4, 0.5) is 4.39 Å². The summed E-state index contributed by atoms with van der Waals surface area (Å²) in [5.74, 6) is 0.0156. The van der Waals surface area contributed by atoms with Crippen molar-refractivity contribution in [3.8, 4) is 5.69 Å². The van der Waals surface area contributed by atoms with E-state index in [2.05, 4.69) is 10.4 Å². The van der Waals surface area contributed by atoms with Gasteiger partial charge in [0.25, 0.3) is 5.91 Å². The number of amides is 1. The Morgan fingerprint density at radius 3 is 2.67 bits per heavy atom. The van der Waals surface area contributed by atoms with Gasteiger partial charge in [-0.15, -0.1) is 0 Å². The minimum atomic E-state index is -0.299. The van der Waals surface area contributed by atoms with Gasteiger partial charge in [-0.05, 0) is 56.9 Å². The molecule has 0 saturated carbocycles. The van der Waals surface area contributed by atoms with E-state index < -0.39 is 0 Å². The monoisotopic (exact) mass is 331 g/mol. The highest BCUT2D eigenvalue weighted by molar-refractivity contribution is 5.95. The van der Waals surface area contributed by atoms with Gasteiger partial charge in [-0.2, -0.15) is 5.10 Å². The van der Waals surface area contributed by atoms with Crippen LogP contribution in [0.2, 0.25) is 0 Å². The van der Waals surface area contributed by atoms with Crippen LogP contribution in [0.1, 0.15) is 35.8 Å². The Hall–Kier alpha value is -2.21. The standard InChI is InChI=1S/C18H22FN3O2/c1-12(14-7-9-24-10-8-14)21-18(23)17-11-20-22(13(17)2)16-5-3-15(19)4-6-16/h3-6,11-12,14H,7-10H2,1-2H3,(H,21,23). The third kappa shape index (κ3) is 3.48. The molecular formula is C18H22FN3O2. The van der Waals surface area contributed by atoms with E-state index in [1.165, 1.54) is 12.1 Å². The lowest BCUT2D eigenvalue weighted by molar-refractivity contribution is 0.0538. The SMILES string of the molecule is Cc1c(C(=O)NC(C)C2CCOCC2)cnn1-c1ccc(F)cc1. The van der Waals surface area contributed by atoms with E-state index in [0.717, 1.165) is 37.4 Å². The molecule has 2 heterocycles. The number of halogens is 1. The second kappa shape index (κ2) is 7.13. The molecule has 2 aromatic rings. The van der Waals surface area contributed by atoms with Gasteiger partial charge in [0.1, 0.15) is 5.82 Å². The van der Waals surface area contributed by atoms with Crippen LogP contribution < -0.4 is 5.32 Å². The van der Waals surface area contributed by atoms with Crippen LogP contribution in [0.25, 0.3) is 5.69 Å². The van der Waals surface area contributed by atoms with E-state index in [9.17, 15) is 9.18 Å². The lowest BCUT2D eigenvalue weighted by Crippen LogP contribution is -2.40. The quantitative estimate of drug-likeness (QED) is 0.937. The molecule has 0 spiro atoms. The Morgan fingerprint density at radius 1 is 1.33 bits per heavy atom. The highest BCUT2D eigenvalue weighted by atomic mass is 19.1. The lowest BCUT2D eigenvalue weighted by Gasteiger charge is -2.28. The van der Waals surface area contributed by atoms with Crippen molar-refractivity contribution in [2.45, 2.75) is 32.7 Å². The van der Waals surface area contributed by atoms with Gasteiger partial charge in [-0.1, -0.05) is 0 Å². The fraction of sp³-hybridized carbons (Fsp3) is 0.444. The average molecular weight is 331 g/mol. The maximum Gasteiger partial charge on any atom is 0.254 e. The van der Waals surface area contributed by atoms with Crippen LogP contribution in [0.3, 0.4) is 0 Å². The summed E-state index contributed by atoms with van der Waals surface area (Å²) in [5.41, 5.74) is 2.00.